The van der Waals surface area contributed by atoms with Crippen LogP contribution in [-0.4, -0.2) is 141 Å². The Balaban J connectivity index is 3.70. The lowest BCUT2D eigenvalue weighted by Gasteiger charge is -2.14. The lowest BCUT2D eigenvalue weighted by molar-refractivity contribution is -0.142. The van der Waals surface area contributed by atoms with Crippen LogP contribution in [0.5, 0.6) is 0 Å². The van der Waals surface area contributed by atoms with Crippen LogP contribution in [0, 0.1) is 0 Å². The minimum absolute atomic E-state index is 0.0144. The van der Waals surface area contributed by atoms with Gasteiger partial charge in [0.25, 0.3) is 0 Å². The van der Waals surface area contributed by atoms with Crippen molar-refractivity contribution in [3.63, 3.8) is 0 Å². The van der Waals surface area contributed by atoms with Gasteiger partial charge in [0.05, 0.1) is 45.7 Å². The molecule has 0 saturated carbocycles. The predicted octanol–water partition coefficient (Wildman–Crippen LogP) is 2.51. The third-order valence-corrected chi connectivity index (χ3v) is 8.87. The molecule has 19 nitrogen and oxygen atoms in total. The maximum atomic E-state index is 12.3. The summed E-state index contributed by atoms with van der Waals surface area (Å²) in [7, 11) is 0. The van der Waals surface area contributed by atoms with Gasteiger partial charge in [-0.1, -0.05) is 77.0 Å². The number of aldehydes is 1. The van der Waals surface area contributed by atoms with E-state index in [0.29, 0.717) is 12.7 Å². The number of carbonyl (C=O) groups is 8. The Morgan fingerprint density at radius 1 is 0.441 bits per heavy atom. The van der Waals surface area contributed by atoms with Gasteiger partial charge >= 0.3 is 17.9 Å². The van der Waals surface area contributed by atoms with Crippen LogP contribution in [-0.2, 0) is 57.3 Å². The minimum atomic E-state index is -1.20. The van der Waals surface area contributed by atoms with Gasteiger partial charge in [0.1, 0.15) is 25.5 Å². The number of hydrogen-bond acceptors (Lipinski definition) is 12. The second kappa shape index (κ2) is 39.3. The Hall–Kier alpha value is -4.20. The van der Waals surface area contributed by atoms with E-state index in [1.54, 1.807) is 0 Å². The summed E-state index contributed by atoms with van der Waals surface area (Å²) in [5, 5.41) is 36.9. The Kier molecular flexibility index (Phi) is 36.5. The molecule has 0 saturated heterocycles. The van der Waals surface area contributed by atoms with E-state index in [-0.39, 0.29) is 122 Å². The molecule has 2 atom stereocenters. The maximum Gasteiger partial charge on any atom is 0.326 e. The van der Waals surface area contributed by atoms with E-state index >= 15 is 0 Å². The van der Waals surface area contributed by atoms with E-state index in [0.717, 1.165) is 44.9 Å². The molecule has 0 aliphatic heterocycles. The molecule has 0 fully saturated rings. The molecule has 0 aliphatic carbocycles. The van der Waals surface area contributed by atoms with E-state index in [1.165, 1.54) is 38.5 Å². The molecule has 0 aliphatic rings. The first-order valence-electron chi connectivity index (χ1n) is 21.0. The molecule has 0 aromatic heterocycles. The van der Waals surface area contributed by atoms with Crippen molar-refractivity contribution in [3.8, 4) is 0 Å². The van der Waals surface area contributed by atoms with Crippen LogP contribution in [0.25, 0.3) is 0 Å². The molecular formula is C40H70N4O15. The second-order valence-corrected chi connectivity index (χ2v) is 14.1. The molecule has 0 rings (SSSR count). The molecule has 340 valence electrons. The van der Waals surface area contributed by atoms with Gasteiger partial charge in [0, 0.05) is 38.8 Å². The van der Waals surface area contributed by atoms with Crippen molar-refractivity contribution < 1.29 is 72.6 Å². The number of carboxylic acids is 3. The average molecular weight is 847 g/mol. The normalized spacial score (nSPS) is 11.9. The number of aliphatic carboxylic acids is 3. The van der Waals surface area contributed by atoms with Gasteiger partial charge in [-0.05, 0) is 25.7 Å². The van der Waals surface area contributed by atoms with Crippen molar-refractivity contribution in [2.45, 2.75) is 141 Å². The fourth-order valence-electron chi connectivity index (χ4n) is 5.62. The van der Waals surface area contributed by atoms with Crippen molar-refractivity contribution in [1.82, 2.24) is 21.3 Å². The van der Waals surface area contributed by atoms with E-state index in [1.807, 2.05) is 0 Å². The summed E-state index contributed by atoms with van der Waals surface area (Å²) in [5.74, 6) is -4.62. The van der Waals surface area contributed by atoms with Gasteiger partial charge < -0.3 is 60.3 Å². The van der Waals surface area contributed by atoms with Crippen molar-refractivity contribution in [1.29, 1.82) is 0 Å². The molecule has 0 aromatic carbocycles. The van der Waals surface area contributed by atoms with Gasteiger partial charge in [-0.3, -0.25) is 28.8 Å². The third-order valence-electron chi connectivity index (χ3n) is 8.87. The lowest BCUT2D eigenvalue weighted by atomic mass is 10.0. The summed E-state index contributed by atoms with van der Waals surface area (Å²) in [6.07, 6.45) is 15.5. The molecule has 19 heteroatoms. The summed E-state index contributed by atoms with van der Waals surface area (Å²) in [6.45, 7) is 0.819. The van der Waals surface area contributed by atoms with Gasteiger partial charge in [-0.15, -0.1) is 0 Å². The van der Waals surface area contributed by atoms with Crippen molar-refractivity contribution >= 4 is 47.8 Å². The highest BCUT2D eigenvalue weighted by Gasteiger charge is 2.21. The molecular weight excluding hydrogens is 776 g/mol. The molecule has 0 heterocycles. The van der Waals surface area contributed by atoms with E-state index in [9.17, 15) is 43.5 Å². The van der Waals surface area contributed by atoms with Crippen LogP contribution in [0.4, 0.5) is 0 Å². The Bertz CT molecular complexity index is 1190. The van der Waals surface area contributed by atoms with Gasteiger partial charge in [0.15, 0.2) is 0 Å². The molecule has 0 radical (unpaired) electrons. The predicted molar refractivity (Wildman–Crippen MR) is 214 cm³/mol. The number of rotatable bonds is 43. The van der Waals surface area contributed by atoms with E-state index in [2.05, 4.69) is 21.3 Å². The molecule has 0 aromatic rings. The summed E-state index contributed by atoms with van der Waals surface area (Å²) in [4.78, 5) is 91.7. The van der Waals surface area contributed by atoms with Crippen LogP contribution in [0.2, 0.25) is 0 Å². The number of unbranched alkanes of at least 4 members (excludes halogenated alkanes) is 13. The van der Waals surface area contributed by atoms with E-state index in [4.69, 9.17) is 29.2 Å². The summed E-state index contributed by atoms with van der Waals surface area (Å²) in [5.41, 5.74) is 0. The molecule has 0 bridgehead atoms. The maximum absolute atomic E-state index is 12.3. The quantitative estimate of drug-likeness (QED) is 0.0343. The topological polar surface area (TPSA) is 282 Å². The van der Waals surface area contributed by atoms with Gasteiger partial charge in [-0.25, -0.2) is 4.79 Å². The van der Waals surface area contributed by atoms with Crippen molar-refractivity contribution in [2.24, 2.45) is 0 Å². The van der Waals surface area contributed by atoms with Crippen LogP contribution in [0.1, 0.15) is 128 Å². The number of nitrogens with one attached hydrogen (secondary N) is 4. The fourth-order valence-corrected chi connectivity index (χ4v) is 5.62. The highest BCUT2D eigenvalue weighted by molar-refractivity contribution is 5.84. The zero-order valence-corrected chi connectivity index (χ0v) is 34.7. The van der Waals surface area contributed by atoms with Crippen molar-refractivity contribution in [3.05, 3.63) is 0 Å². The molecule has 59 heavy (non-hydrogen) atoms. The number of carbonyl (C=O) groups excluding carboxylic acids is 5. The average Bonchev–Trinajstić information content (AvgIpc) is 3.19. The van der Waals surface area contributed by atoms with Crippen LogP contribution >= 0.6 is 0 Å². The first kappa shape index (κ1) is 54.8. The SMILES string of the molecule is O=CC(CCC(=O)O)NC(=O)COCCOCCNC(=O)COCCOCCNC(=O)CC[C@H](NC(=O)CCCCCCCCCCCCCCCCC(=O)O)C(=O)O. The Labute approximate surface area is 347 Å². The lowest BCUT2D eigenvalue weighted by Crippen LogP contribution is -2.41. The summed E-state index contributed by atoms with van der Waals surface area (Å²) in [6, 6.07) is -2.05. The first-order valence-corrected chi connectivity index (χ1v) is 21.0. The van der Waals surface area contributed by atoms with Crippen LogP contribution in [0.15, 0.2) is 0 Å². The zero-order chi connectivity index (χ0) is 43.8. The zero-order valence-electron chi connectivity index (χ0n) is 34.7. The number of carboxylic acid groups (broad SMARTS) is 3. The van der Waals surface area contributed by atoms with Gasteiger partial charge in [0.2, 0.25) is 23.6 Å². The second-order valence-electron chi connectivity index (χ2n) is 14.1. The van der Waals surface area contributed by atoms with Crippen molar-refractivity contribution in [2.75, 3.05) is 65.9 Å². The summed E-state index contributed by atoms with van der Waals surface area (Å²) < 4.78 is 21.0. The number of ether oxygens (including phenoxy) is 4. The Morgan fingerprint density at radius 3 is 1.36 bits per heavy atom. The molecule has 7 N–H and O–H groups in total. The standard InChI is InChI=1S/C40H70N4O15/c45-29-32(17-20-39(52)53)43-37(49)31-59-28-26-57-24-22-42-36(48)30-58-27-25-56-23-21-41-34(46)19-18-33(40(54)55)44-35(47)15-13-11-9-7-5-3-1-2-4-6-8-10-12-14-16-38(50)51/h29,32-33H,1-28,30-31H2,(H,41,46)(H,42,48)(H,43,49)(H,44,47)(H,50,51)(H,52,53)(H,54,55)/t32?,33-/m0/s1. The number of amides is 4. The summed E-state index contributed by atoms with van der Waals surface area (Å²) >= 11 is 0. The smallest absolute Gasteiger partial charge is 0.326 e. The molecule has 1 unspecified atom stereocenters. The molecule has 0 spiro atoms. The van der Waals surface area contributed by atoms with Crippen LogP contribution < -0.4 is 21.3 Å². The minimum Gasteiger partial charge on any atom is -0.481 e. The fraction of sp³-hybridized carbons (Fsp3) is 0.800. The number of hydrogen-bond donors (Lipinski definition) is 7. The highest BCUT2D eigenvalue weighted by atomic mass is 16.5. The monoisotopic (exact) mass is 846 g/mol. The Morgan fingerprint density at radius 2 is 0.881 bits per heavy atom. The highest BCUT2D eigenvalue weighted by Crippen LogP contribution is 2.14. The van der Waals surface area contributed by atoms with Gasteiger partial charge in [-0.2, -0.15) is 0 Å². The van der Waals surface area contributed by atoms with E-state index < -0.39 is 35.9 Å². The first-order chi connectivity index (χ1) is 28.4. The largest absolute Gasteiger partial charge is 0.481 e. The van der Waals surface area contributed by atoms with Crippen LogP contribution in [0.3, 0.4) is 0 Å². The molecule has 4 amide bonds. The third kappa shape index (κ3) is 39.1.